The zero-order valence-electron chi connectivity index (χ0n) is 12.8. The zero-order valence-corrected chi connectivity index (χ0v) is 14.4. The average Bonchev–Trinajstić information content (AvgIpc) is 2.91. The Balaban J connectivity index is 1.86. The molecule has 0 saturated carbocycles. The molecule has 0 spiro atoms. The van der Waals surface area contributed by atoms with E-state index < -0.39 is 0 Å². The van der Waals surface area contributed by atoms with Crippen LogP contribution in [0.4, 0.5) is 10.1 Å². The van der Waals surface area contributed by atoms with E-state index in [2.05, 4.69) is 31.3 Å². The number of nitrogens with zero attached hydrogens (tertiary/aromatic N) is 3. The first-order chi connectivity index (χ1) is 11.0. The summed E-state index contributed by atoms with van der Waals surface area (Å²) in [5, 5.41) is 7.88. The highest BCUT2D eigenvalue weighted by molar-refractivity contribution is 9.10. The highest BCUT2D eigenvalue weighted by Crippen LogP contribution is 2.26. The number of rotatable bonds is 4. The Morgan fingerprint density at radius 2 is 2.00 bits per heavy atom. The summed E-state index contributed by atoms with van der Waals surface area (Å²) in [5.41, 5.74) is 4.76. The van der Waals surface area contributed by atoms with Crippen molar-refractivity contribution in [2.24, 2.45) is 7.05 Å². The molecule has 0 aliphatic rings. The van der Waals surface area contributed by atoms with E-state index in [1.807, 2.05) is 32.3 Å². The van der Waals surface area contributed by atoms with Gasteiger partial charge in [0.05, 0.1) is 10.2 Å². The lowest BCUT2D eigenvalue weighted by Crippen LogP contribution is -2.02. The molecule has 0 radical (unpaired) electrons. The Kier molecular flexibility index (Phi) is 4.43. The third-order valence-corrected chi connectivity index (χ3v) is 4.20. The normalized spacial score (nSPS) is 10.8. The Morgan fingerprint density at radius 1 is 1.26 bits per heavy atom. The van der Waals surface area contributed by atoms with Gasteiger partial charge in [0, 0.05) is 49.0 Å². The van der Waals surface area contributed by atoms with Crippen molar-refractivity contribution in [3.05, 3.63) is 64.3 Å². The van der Waals surface area contributed by atoms with Gasteiger partial charge in [-0.1, -0.05) is 0 Å². The van der Waals surface area contributed by atoms with Gasteiger partial charge in [-0.15, -0.1) is 0 Å². The van der Waals surface area contributed by atoms with Crippen LogP contribution >= 0.6 is 15.9 Å². The fraction of sp³-hybridized carbons (Fsp3) is 0.176. The molecule has 4 nitrogen and oxygen atoms in total. The molecule has 2 aromatic heterocycles. The first-order valence-electron chi connectivity index (χ1n) is 7.17. The number of pyridine rings is 1. The van der Waals surface area contributed by atoms with Crippen molar-refractivity contribution in [3.8, 4) is 11.3 Å². The lowest BCUT2D eigenvalue weighted by Gasteiger charge is -2.11. The van der Waals surface area contributed by atoms with Gasteiger partial charge in [0.1, 0.15) is 5.82 Å². The molecule has 0 fully saturated rings. The summed E-state index contributed by atoms with van der Waals surface area (Å²) in [5.74, 6) is -0.257. The summed E-state index contributed by atoms with van der Waals surface area (Å²) < 4.78 is 15.8. The fourth-order valence-electron chi connectivity index (χ4n) is 2.45. The lowest BCUT2D eigenvalue weighted by molar-refractivity contribution is 0.620. The molecule has 0 saturated heterocycles. The molecule has 1 aromatic carbocycles. The molecule has 23 heavy (non-hydrogen) atoms. The topological polar surface area (TPSA) is 42.7 Å². The summed E-state index contributed by atoms with van der Waals surface area (Å²) in [6.07, 6.45) is 5.49. The quantitative estimate of drug-likeness (QED) is 0.739. The highest BCUT2D eigenvalue weighted by atomic mass is 79.9. The van der Waals surface area contributed by atoms with E-state index in [1.165, 1.54) is 6.07 Å². The second-order valence-electron chi connectivity index (χ2n) is 5.35. The summed E-state index contributed by atoms with van der Waals surface area (Å²) in [4.78, 5) is 4.04. The Bertz CT molecular complexity index is 830. The molecule has 1 N–H and O–H groups in total. The maximum atomic E-state index is 13.5. The van der Waals surface area contributed by atoms with Gasteiger partial charge in [-0.3, -0.25) is 9.67 Å². The largest absolute Gasteiger partial charge is 0.381 e. The molecule has 3 aromatic rings. The summed E-state index contributed by atoms with van der Waals surface area (Å²) >= 11 is 3.22. The molecular formula is C17H16BrFN4. The van der Waals surface area contributed by atoms with Crippen molar-refractivity contribution in [3.63, 3.8) is 0 Å². The van der Waals surface area contributed by atoms with E-state index >= 15 is 0 Å². The van der Waals surface area contributed by atoms with E-state index in [1.54, 1.807) is 23.1 Å². The number of aromatic nitrogens is 3. The van der Waals surface area contributed by atoms with Crippen LogP contribution in [0.25, 0.3) is 11.3 Å². The number of halogens is 2. The van der Waals surface area contributed by atoms with Gasteiger partial charge in [0.25, 0.3) is 0 Å². The standard InChI is InChI=1S/C17H16BrFN4/c1-11-7-15(19)14(18)8-16(11)21-9-13-10-23(2)22-17(13)12-3-5-20-6-4-12/h3-8,10,21H,9H2,1-2H3. The molecule has 0 amide bonds. The number of benzene rings is 1. The van der Waals surface area contributed by atoms with Crippen LogP contribution in [0.2, 0.25) is 0 Å². The third-order valence-electron chi connectivity index (χ3n) is 3.59. The minimum Gasteiger partial charge on any atom is -0.381 e. The summed E-state index contributed by atoms with van der Waals surface area (Å²) in [6.45, 7) is 2.48. The molecule has 0 aliphatic carbocycles. The maximum absolute atomic E-state index is 13.5. The van der Waals surface area contributed by atoms with Crippen molar-refractivity contribution >= 4 is 21.6 Å². The first kappa shape index (κ1) is 15.7. The predicted molar refractivity (Wildman–Crippen MR) is 92.6 cm³/mol. The lowest BCUT2D eigenvalue weighted by atomic mass is 10.1. The molecule has 0 bridgehead atoms. The van der Waals surface area contributed by atoms with Crippen molar-refractivity contribution < 1.29 is 4.39 Å². The minimum absolute atomic E-state index is 0.257. The van der Waals surface area contributed by atoms with E-state index in [4.69, 9.17) is 0 Å². The third kappa shape index (κ3) is 3.42. The van der Waals surface area contributed by atoms with Gasteiger partial charge in [-0.2, -0.15) is 5.10 Å². The van der Waals surface area contributed by atoms with Gasteiger partial charge in [-0.25, -0.2) is 4.39 Å². The number of aryl methyl sites for hydroxylation is 2. The van der Waals surface area contributed by atoms with Crippen molar-refractivity contribution in [1.82, 2.24) is 14.8 Å². The Labute approximate surface area is 142 Å². The van der Waals surface area contributed by atoms with Gasteiger partial charge < -0.3 is 5.32 Å². The summed E-state index contributed by atoms with van der Waals surface area (Å²) in [6, 6.07) is 7.14. The smallest absolute Gasteiger partial charge is 0.137 e. The van der Waals surface area contributed by atoms with Crippen molar-refractivity contribution in [2.45, 2.75) is 13.5 Å². The second-order valence-corrected chi connectivity index (χ2v) is 6.20. The van der Waals surface area contributed by atoms with Crippen molar-refractivity contribution in [2.75, 3.05) is 5.32 Å². The molecule has 3 rings (SSSR count). The van der Waals surface area contributed by atoms with Crippen LogP contribution in [0.1, 0.15) is 11.1 Å². The van der Waals surface area contributed by atoms with Gasteiger partial charge >= 0.3 is 0 Å². The van der Waals surface area contributed by atoms with Crippen LogP contribution in [-0.2, 0) is 13.6 Å². The molecule has 0 aliphatic heterocycles. The van der Waals surface area contributed by atoms with Crippen LogP contribution in [0.5, 0.6) is 0 Å². The molecular weight excluding hydrogens is 359 g/mol. The van der Waals surface area contributed by atoms with Crippen LogP contribution < -0.4 is 5.32 Å². The van der Waals surface area contributed by atoms with Crippen LogP contribution in [-0.4, -0.2) is 14.8 Å². The van der Waals surface area contributed by atoms with Gasteiger partial charge in [0.2, 0.25) is 0 Å². The second kappa shape index (κ2) is 6.50. The molecule has 0 unspecified atom stereocenters. The zero-order chi connectivity index (χ0) is 16.4. The van der Waals surface area contributed by atoms with Gasteiger partial charge in [0.15, 0.2) is 0 Å². The first-order valence-corrected chi connectivity index (χ1v) is 7.96. The minimum atomic E-state index is -0.257. The number of hydrogen-bond donors (Lipinski definition) is 1. The molecule has 2 heterocycles. The van der Waals surface area contributed by atoms with Crippen LogP contribution in [0, 0.1) is 12.7 Å². The summed E-state index contributed by atoms with van der Waals surface area (Å²) in [7, 11) is 1.90. The molecule has 0 atom stereocenters. The maximum Gasteiger partial charge on any atom is 0.137 e. The van der Waals surface area contributed by atoms with E-state index in [0.29, 0.717) is 11.0 Å². The fourth-order valence-corrected chi connectivity index (χ4v) is 2.79. The SMILES string of the molecule is Cc1cc(F)c(Br)cc1NCc1cn(C)nc1-c1ccncc1. The average molecular weight is 375 g/mol. The van der Waals surface area contributed by atoms with E-state index in [-0.39, 0.29) is 5.82 Å². The van der Waals surface area contributed by atoms with Crippen LogP contribution in [0.15, 0.2) is 47.3 Å². The number of nitrogens with one attached hydrogen (secondary N) is 1. The molecule has 6 heteroatoms. The highest BCUT2D eigenvalue weighted by Gasteiger charge is 2.11. The Hall–Kier alpha value is -2.21. The number of anilines is 1. The van der Waals surface area contributed by atoms with E-state index in [0.717, 1.165) is 28.1 Å². The monoisotopic (exact) mass is 374 g/mol. The molecule has 118 valence electrons. The van der Waals surface area contributed by atoms with Crippen molar-refractivity contribution in [1.29, 1.82) is 0 Å². The van der Waals surface area contributed by atoms with Crippen LogP contribution in [0.3, 0.4) is 0 Å². The van der Waals surface area contributed by atoms with Gasteiger partial charge in [-0.05, 0) is 52.7 Å². The predicted octanol–water partition coefficient (Wildman–Crippen LogP) is 4.30. The van der Waals surface area contributed by atoms with E-state index in [9.17, 15) is 4.39 Å². The Morgan fingerprint density at radius 3 is 2.74 bits per heavy atom. The number of hydrogen-bond acceptors (Lipinski definition) is 3.